The summed E-state index contributed by atoms with van der Waals surface area (Å²) in [4.78, 5) is 11.7. The summed E-state index contributed by atoms with van der Waals surface area (Å²) in [5.41, 5.74) is 0.717. The second-order valence-corrected chi connectivity index (χ2v) is 8.51. The van der Waals surface area contributed by atoms with Crippen LogP contribution in [0.1, 0.15) is 31.0 Å². The Bertz CT molecular complexity index is 812. The van der Waals surface area contributed by atoms with Crippen LogP contribution in [0.5, 0.6) is 0 Å². The highest BCUT2D eigenvalue weighted by molar-refractivity contribution is 7.89. The number of sulfonamides is 1. The zero-order chi connectivity index (χ0) is 18.0. The van der Waals surface area contributed by atoms with E-state index in [1.165, 1.54) is 0 Å². The van der Waals surface area contributed by atoms with Crippen LogP contribution >= 0.6 is 11.6 Å². The minimum atomic E-state index is -3.77. The fourth-order valence-corrected chi connectivity index (χ4v) is 3.82. The Labute approximate surface area is 147 Å². The zero-order valence-electron chi connectivity index (χ0n) is 13.8. The van der Waals surface area contributed by atoms with Gasteiger partial charge in [0.1, 0.15) is 6.29 Å². The van der Waals surface area contributed by atoms with Gasteiger partial charge in [0.05, 0.1) is 10.9 Å². The normalized spacial score (nSPS) is 13.5. The van der Waals surface area contributed by atoms with E-state index in [0.29, 0.717) is 10.6 Å². The van der Waals surface area contributed by atoms with Crippen LogP contribution in [0.25, 0.3) is 0 Å². The average molecular weight is 366 g/mol. The lowest BCUT2D eigenvalue weighted by atomic mass is 9.82. The third kappa shape index (κ3) is 4.23. The summed E-state index contributed by atoms with van der Waals surface area (Å²) in [6.45, 7) is 5.27. The molecule has 6 heteroatoms. The van der Waals surface area contributed by atoms with Crippen LogP contribution < -0.4 is 4.72 Å². The van der Waals surface area contributed by atoms with Crippen LogP contribution in [0.3, 0.4) is 0 Å². The zero-order valence-corrected chi connectivity index (χ0v) is 15.4. The number of rotatable bonds is 6. The molecule has 0 heterocycles. The maximum Gasteiger partial charge on any atom is 0.241 e. The van der Waals surface area contributed by atoms with Gasteiger partial charge in [0.15, 0.2) is 0 Å². The lowest BCUT2D eigenvalue weighted by molar-refractivity contribution is -0.115. The number of halogens is 1. The molecule has 1 atom stereocenters. The molecule has 0 aliphatic rings. The minimum absolute atomic E-state index is 0.161. The Kier molecular flexibility index (Phi) is 5.48. The van der Waals surface area contributed by atoms with Crippen molar-refractivity contribution in [1.82, 2.24) is 4.72 Å². The monoisotopic (exact) mass is 365 g/mol. The van der Waals surface area contributed by atoms with Gasteiger partial charge in [-0.15, -0.1) is 0 Å². The van der Waals surface area contributed by atoms with Gasteiger partial charge in [-0.05, 0) is 36.8 Å². The summed E-state index contributed by atoms with van der Waals surface area (Å²) in [7, 11) is -3.77. The molecule has 128 valence electrons. The Morgan fingerprint density at radius 3 is 2.08 bits per heavy atom. The van der Waals surface area contributed by atoms with Crippen molar-refractivity contribution in [3.8, 4) is 0 Å². The molecular formula is C18H20ClNO3S. The van der Waals surface area contributed by atoms with Gasteiger partial charge in [0, 0.05) is 10.4 Å². The molecule has 2 aromatic carbocycles. The molecule has 24 heavy (non-hydrogen) atoms. The lowest BCUT2D eigenvalue weighted by Crippen LogP contribution is -2.38. The highest BCUT2D eigenvalue weighted by Gasteiger charge is 2.34. The quantitative estimate of drug-likeness (QED) is 0.790. The number of benzene rings is 2. The van der Waals surface area contributed by atoms with Crippen LogP contribution in [0.15, 0.2) is 53.4 Å². The highest BCUT2D eigenvalue weighted by Crippen LogP contribution is 2.33. The Balaban J connectivity index is 2.43. The molecule has 4 nitrogen and oxygen atoms in total. The van der Waals surface area contributed by atoms with E-state index in [4.69, 9.17) is 11.6 Å². The fraction of sp³-hybridized carbons (Fsp3) is 0.278. The summed E-state index contributed by atoms with van der Waals surface area (Å²) in [5, 5.41) is 0.544. The molecule has 0 radical (unpaired) electrons. The van der Waals surface area contributed by atoms with Gasteiger partial charge < -0.3 is 4.79 Å². The first-order valence-corrected chi connectivity index (χ1v) is 9.32. The Morgan fingerprint density at radius 1 is 1.04 bits per heavy atom. The third-order valence-corrected chi connectivity index (χ3v) is 5.55. The van der Waals surface area contributed by atoms with Crippen LogP contribution in [0, 0.1) is 12.3 Å². The van der Waals surface area contributed by atoms with Gasteiger partial charge in [0.2, 0.25) is 10.0 Å². The van der Waals surface area contributed by atoms with E-state index in [0.717, 1.165) is 11.8 Å². The van der Waals surface area contributed by atoms with Gasteiger partial charge >= 0.3 is 0 Å². The van der Waals surface area contributed by atoms with Gasteiger partial charge in [-0.3, -0.25) is 0 Å². The molecule has 0 bridgehead atoms. The van der Waals surface area contributed by atoms with Gasteiger partial charge in [-0.1, -0.05) is 55.3 Å². The van der Waals surface area contributed by atoms with Crippen LogP contribution in [-0.2, 0) is 14.8 Å². The maximum atomic E-state index is 12.7. The van der Waals surface area contributed by atoms with E-state index in [1.54, 1.807) is 62.4 Å². The van der Waals surface area contributed by atoms with Crippen molar-refractivity contribution in [2.75, 3.05) is 0 Å². The first kappa shape index (κ1) is 18.6. The number of aldehydes is 1. The lowest BCUT2D eigenvalue weighted by Gasteiger charge is -2.30. The number of hydrogen-bond donors (Lipinski definition) is 1. The number of nitrogens with one attached hydrogen (secondary N) is 1. The number of hydrogen-bond acceptors (Lipinski definition) is 3. The van der Waals surface area contributed by atoms with Crippen LogP contribution in [0.2, 0.25) is 5.02 Å². The fourth-order valence-electron chi connectivity index (χ4n) is 2.31. The second-order valence-electron chi connectivity index (χ2n) is 6.36. The molecular weight excluding hydrogens is 346 g/mol. The highest BCUT2D eigenvalue weighted by atomic mass is 35.5. The number of carbonyl (C=O) groups is 1. The predicted molar refractivity (Wildman–Crippen MR) is 95.5 cm³/mol. The molecule has 0 unspecified atom stereocenters. The first-order chi connectivity index (χ1) is 11.2. The molecule has 2 rings (SSSR count). The summed E-state index contributed by atoms with van der Waals surface area (Å²) >= 11 is 5.90. The van der Waals surface area contributed by atoms with Gasteiger partial charge in [-0.2, -0.15) is 0 Å². The maximum absolute atomic E-state index is 12.7. The summed E-state index contributed by atoms with van der Waals surface area (Å²) in [6, 6.07) is 12.6. The molecule has 0 spiro atoms. The van der Waals surface area contributed by atoms with Crippen molar-refractivity contribution in [2.24, 2.45) is 5.41 Å². The van der Waals surface area contributed by atoms with Crippen molar-refractivity contribution in [1.29, 1.82) is 0 Å². The topological polar surface area (TPSA) is 63.2 Å². The molecule has 1 N–H and O–H groups in total. The summed E-state index contributed by atoms with van der Waals surface area (Å²) < 4.78 is 28.1. The van der Waals surface area contributed by atoms with Crippen molar-refractivity contribution < 1.29 is 13.2 Å². The second kappa shape index (κ2) is 7.05. The molecule has 0 saturated heterocycles. The molecule has 0 aliphatic heterocycles. The smallest absolute Gasteiger partial charge is 0.241 e. The van der Waals surface area contributed by atoms with Gasteiger partial charge in [-0.25, -0.2) is 13.1 Å². The molecule has 0 aliphatic carbocycles. The Hall–Kier alpha value is -1.69. The summed E-state index contributed by atoms with van der Waals surface area (Å²) in [6.07, 6.45) is 0.754. The molecule has 0 saturated carbocycles. The predicted octanol–water partition coefficient (Wildman–Crippen LogP) is 3.89. The van der Waals surface area contributed by atoms with Crippen LogP contribution in [-0.4, -0.2) is 14.7 Å². The van der Waals surface area contributed by atoms with Crippen molar-refractivity contribution in [3.05, 3.63) is 64.7 Å². The van der Waals surface area contributed by atoms with Crippen molar-refractivity contribution in [3.63, 3.8) is 0 Å². The average Bonchev–Trinajstić information content (AvgIpc) is 2.54. The van der Waals surface area contributed by atoms with Crippen molar-refractivity contribution in [2.45, 2.75) is 31.7 Å². The summed E-state index contributed by atoms with van der Waals surface area (Å²) in [5.74, 6) is 0. The first-order valence-electron chi connectivity index (χ1n) is 7.46. The third-order valence-electron chi connectivity index (χ3n) is 3.86. The van der Waals surface area contributed by atoms with E-state index < -0.39 is 21.5 Å². The van der Waals surface area contributed by atoms with Crippen molar-refractivity contribution >= 4 is 27.9 Å². The minimum Gasteiger partial charge on any atom is -0.303 e. The van der Waals surface area contributed by atoms with Crippen LogP contribution in [0.4, 0.5) is 0 Å². The van der Waals surface area contributed by atoms with E-state index in [1.807, 2.05) is 6.92 Å². The largest absolute Gasteiger partial charge is 0.303 e. The SMILES string of the molecule is Cc1ccc(S(=O)(=O)N[C@H](c2ccc(Cl)cc2)C(C)(C)C=O)cc1. The molecule has 0 amide bonds. The van der Waals surface area contributed by atoms with E-state index in [9.17, 15) is 13.2 Å². The Morgan fingerprint density at radius 2 is 1.58 bits per heavy atom. The van der Waals surface area contributed by atoms with E-state index in [-0.39, 0.29) is 4.90 Å². The molecule has 2 aromatic rings. The van der Waals surface area contributed by atoms with Gasteiger partial charge in [0.25, 0.3) is 0 Å². The van der Waals surface area contributed by atoms with E-state index >= 15 is 0 Å². The standard InChI is InChI=1S/C18H20ClNO3S/c1-13-4-10-16(11-5-13)24(22,23)20-17(18(2,3)12-21)14-6-8-15(19)9-7-14/h4-12,17,20H,1-3H3/t17-/m1/s1. The number of aryl methyl sites for hydroxylation is 1. The molecule has 0 aromatic heterocycles. The van der Waals surface area contributed by atoms with E-state index in [2.05, 4.69) is 4.72 Å². The number of carbonyl (C=O) groups excluding carboxylic acids is 1. The molecule has 0 fully saturated rings.